The Balaban J connectivity index is 1.48. The summed E-state index contributed by atoms with van der Waals surface area (Å²) in [7, 11) is 1.57. The molecule has 3 aromatic carbocycles. The summed E-state index contributed by atoms with van der Waals surface area (Å²) in [6.07, 6.45) is 2.81. The average Bonchev–Trinajstić information content (AvgIpc) is 3.21. The molecule has 8 heteroatoms. The fourth-order valence-electron chi connectivity index (χ4n) is 3.57. The number of benzene rings is 3. The summed E-state index contributed by atoms with van der Waals surface area (Å²) in [6, 6.07) is 21.4. The normalized spacial score (nSPS) is 16.0. The molecule has 3 aromatic rings. The minimum Gasteiger partial charge on any atom is -0.493 e. The van der Waals surface area contributed by atoms with Gasteiger partial charge in [0.2, 0.25) is 0 Å². The summed E-state index contributed by atoms with van der Waals surface area (Å²) in [5, 5.41) is 15.6. The molecule has 1 amide bonds. The van der Waals surface area contributed by atoms with Crippen LogP contribution in [-0.2, 0) is 17.8 Å². The zero-order valence-electron chi connectivity index (χ0n) is 19.3. The first-order valence-electron chi connectivity index (χ1n) is 11.0. The van der Waals surface area contributed by atoms with Crippen molar-refractivity contribution in [3.05, 3.63) is 92.3 Å². The van der Waals surface area contributed by atoms with Gasteiger partial charge in [0, 0.05) is 11.3 Å². The van der Waals surface area contributed by atoms with Crippen molar-refractivity contribution in [3.63, 3.8) is 0 Å². The van der Waals surface area contributed by atoms with Crippen molar-refractivity contribution in [2.75, 3.05) is 12.4 Å². The van der Waals surface area contributed by atoms with Crippen LogP contribution in [0.15, 0.2) is 70.0 Å². The van der Waals surface area contributed by atoms with Gasteiger partial charge in [0.1, 0.15) is 6.61 Å². The second-order valence-electron chi connectivity index (χ2n) is 7.77. The van der Waals surface area contributed by atoms with Crippen LogP contribution in [0.3, 0.4) is 0 Å². The number of nitrogens with one attached hydrogen (secondary N) is 2. The molecule has 0 spiro atoms. The molecule has 1 saturated heterocycles. The van der Waals surface area contributed by atoms with Crippen LogP contribution in [0.4, 0.5) is 5.69 Å². The molecule has 35 heavy (non-hydrogen) atoms. The van der Waals surface area contributed by atoms with Crippen LogP contribution in [0.5, 0.6) is 11.5 Å². The Morgan fingerprint density at radius 2 is 1.97 bits per heavy atom. The Morgan fingerprint density at radius 3 is 2.69 bits per heavy atom. The smallest absolute Gasteiger partial charge is 0.260 e. The summed E-state index contributed by atoms with van der Waals surface area (Å²) < 4.78 is 12.2. The molecule has 0 aliphatic carbocycles. The number of amides is 1. The van der Waals surface area contributed by atoms with E-state index in [1.165, 1.54) is 17.3 Å². The molecule has 1 fully saturated rings. The molecule has 0 bridgehead atoms. The largest absolute Gasteiger partial charge is 0.493 e. The third-order valence-corrected chi connectivity index (χ3v) is 7.07. The molecular formula is C27H24BrN3O3S. The van der Waals surface area contributed by atoms with Crippen molar-refractivity contribution in [1.29, 1.82) is 5.26 Å². The van der Waals surface area contributed by atoms with Gasteiger partial charge in [-0.15, -0.1) is 0 Å². The van der Waals surface area contributed by atoms with E-state index < -0.39 is 0 Å². The minimum atomic E-state index is -0.255. The van der Waals surface area contributed by atoms with Crippen LogP contribution in [0.2, 0.25) is 0 Å². The van der Waals surface area contributed by atoms with Gasteiger partial charge in [0.15, 0.2) is 17.0 Å². The first-order valence-corrected chi connectivity index (χ1v) is 12.7. The number of hydrogen-bond acceptors (Lipinski definition) is 6. The number of hydrogen-bond donors (Lipinski definition) is 2. The standard InChI is InChI=1S/C27H24BrN3O3S/c1-3-17-8-10-21(11-9-17)30-27-31-26(32)24(35-27)14-18-12-22(28)25(23(13-18)33-2)34-16-20-7-5-4-6-19(20)15-29/h4-14,27,30H,3,16H2,1-2H3,(H,31,32)/b24-14-/t27-/m1/s1. The van der Waals surface area contributed by atoms with Gasteiger partial charge in [0.05, 0.1) is 28.1 Å². The lowest BCUT2D eigenvalue weighted by Crippen LogP contribution is -2.30. The van der Waals surface area contributed by atoms with E-state index in [9.17, 15) is 10.1 Å². The zero-order valence-corrected chi connectivity index (χ0v) is 21.7. The monoisotopic (exact) mass is 549 g/mol. The molecule has 178 valence electrons. The van der Waals surface area contributed by atoms with Gasteiger partial charge in [-0.2, -0.15) is 5.26 Å². The highest BCUT2D eigenvalue weighted by molar-refractivity contribution is 9.10. The van der Waals surface area contributed by atoms with Crippen LogP contribution in [0.1, 0.15) is 29.2 Å². The number of ether oxygens (including phenoxy) is 2. The lowest BCUT2D eigenvalue weighted by Gasteiger charge is -2.14. The molecule has 4 rings (SSSR count). The van der Waals surface area contributed by atoms with Crippen molar-refractivity contribution < 1.29 is 14.3 Å². The van der Waals surface area contributed by atoms with E-state index in [2.05, 4.69) is 51.7 Å². The van der Waals surface area contributed by atoms with Crippen LogP contribution < -0.4 is 20.1 Å². The summed E-state index contributed by atoms with van der Waals surface area (Å²) in [5.41, 5.74) is 4.11. The molecule has 1 aliphatic rings. The Hall–Kier alpha value is -3.41. The van der Waals surface area contributed by atoms with Gasteiger partial charge < -0.3 is 20.1 Å². The number of nitrogens with zero attached hydrogens (tertiary/aromatic N) is 1. The molecule has 1 heterocycles. The van der Waals surface area contributed by atoms with Gasteiger partial charge in [-0.05, 0) is 69.9 Å². The lowest BCUT2D eigenvalue weighted by atomic mass is 10.1. The summed E-state index contributed by atoms with van der Waals surface area (Å²) >= 11 is 4.99. The molecule has 0 unspecified atom stereocenters. The third-order valence-electron chi connectivity index (χ3n) is 5.45. The Morgan fingerprint density at radius 1 is 1.20 bits per heavy atom. The van der Waals surface area contributed by atoms with Gasteiger partial charge in [-0.1, -0.05) is 49.0 Å². The van der Waals surface area contributed by atoms with Gasteiger partial charge in [-0.25, -0.2) is 0 Å². The van der Waals surface area contributed by atoms with Crippen LogP contribution in [0.25, 0.3) is 6.08 Å². The first-order chi connectivity index (χ1) is 17.0. The fourth-order valence-corrected chi connectivity index (χ4v) is 5.13. The second kappa shape index (κ2) is 11.3. The SMILES string of the molecule is CCc1ccc(N[C@@H]2NC(=O)/C(=C/c3cc(Br)c(OCc4ccccc4C#N)c(OC)c3)S2)cc1. The Bertz CT molecular complexity index is 1300. The van der Waals surface area contributed by atoms with Crippen LogP contribution in [-0.4, -0.2) is 18.5 Å². The Kier molecular flexibility index (Phi) is 8.01. The van der Waals surface area contributed by atoms with E-state index in [-0.39, 0.29) is 18.0 Å². The number of methoxy groups -OCH3 is 1. The first kappa shape index (κ1) is 24.7. The van der Waals surface area contributed by atoms with Crippen molar-refractivity contribution in [3.8, 4) is 17.6 Å². The zero-order chi connectivity index (χ0) is 24.8. The topological polar surface area (TPSA) is 83.4 Å². The molecule has 6 nitrogen and oxygen atoms in total. The predicted molar refractivity (Wildman–Crippen MR) is 143 cm³/mol. The molecule has 2 N–H and O–H groups in total. The number of halogens is 1. The summed E-state index contributed by atoms with van der Waals surface area (Å²) in [5.74, 6) is 0.914. The molecular weight excluding hydrogens is 526 g/mol. The predicted octanol–water partition coefficient (Wildman–Crippen LogP) is 6.07. The molecule has 0 saturated carbocycles. The van der Waals surface area contributed by atoms with Crippen molar-refractivity contribution >= 4 is 45.4 Å². The maximum absolute atomic E-state index is 12.6. The quantitative estimate of drug-likeness (QED) is 0.332. The molecule has 1 aliphatic heterocycles. The summed E-state index contributed by atoms with van der Waals surface area (Å²) in [4.78, 5) is 13.2. The van der Waals surface area contributed by atoms with E-state index in [0.717, 1.165) is 23.2 Å². The van der Waals surface area contributed by atoms with E-state index >= 15 is 0 Å². The van der Waals surface area contributed by atoms with Crippen LogP contribution in [0, 0.1) is 11.3 Å². The van der Waals surface area contributed by atoms with E-state index in [0.29, 0.717) is 26.4 Å². The molecule has 0 aromatic heterocycles. The maximum Gasteiger partial charge on any atom is 0.260 e. The van der Waals surface area contributed by atoms with E-state index in [1.54, 1.807) is 13.2 Å². The number of thioether (sulfide) groups is 1. The maximum atomic E-state index is 12.6. The average molecular weight is 550 g/mol. The second-order valence-corrected chi connectivity index (χ2v) is 9.77. The number of anilines is 1. The number of aryl methyl sites for hydroxylation is 1. The van der Waals surface area contributed by atoms with Gasteiger partial charge in [0.25, 0.3) is 5.91 Å². The third kappa shape index (κ3) is 5.99. The number of nitriles is 1. The highest BCUT2D eigenvalue weighted by Crippen LogP contribution is 2.39. The van der Waals surface area contributed by atoms with Gasteiger partial charge >= 0.3 is 0 Å². The number of carbonyl (C=O) groups excluding carboxylic acids is 1. The van der Waals surface area contributed by atoms with Gasteiger partial charge in [-0.3, -0.25) is 4.79 Å². The van der Waals surface area contributed by atoms with Crippen molar-refractivity contribution in [2.45, 2.75) is 25.4 Å². The van der Waals surface area contributed by atoms with E-state index in [1.807, 2.05) is 48.5 Å². The number of carbonyl (C=O) groups is 1. The van der Waals surface area contributed by atoms with Crippen molar-refractivity contribution in [1.82, 2.24) is 5.32 Å². The minimum absolute atomic E-state index is 0.138. The summed E-state index contributed by atoms with van der Waals surface area (Å²) in [6.45, 7) is 2.34. The van der Waals surface area contributed by atoms with Crippen molar-refractivity contribution in [2.24, 2.45) is 0 Å². The Labute approximate surface area is 217 Å². The lowest BCUT2D eigenvalue weighted by molar-refractivity contribution is -0.116. The number of rotatable bonds is 8. The van der Waals surface area contributed by atoms with E-state index in [4.69, 9.17) is 9.47 Å². The highest BCUT2D eigenvalue weighted by atomic mass is 79.9. The fraction of sp³-hybridized carbons (Fsp3) is 0.185. The highest BCUT2D eigenvalue weighted by Gasteiger charge is 2.27. The molecule has 0 radical (unpaired) electrons. The van der Waals surface area contributed by atoms with Crippen LogP contribution >= 0.6 is 27.7 Å². The molecule has 1 atom stereocenters.